The predicted octanol–water partition coefficient (Wildman–Crippen LogP) is 2.35. The first-order chi connectivity index (χ1) is 15.5. The number of aromatic nitrogens is 2. The van der Waals surface area contributed by atoms with Gasteiger partial charge < -0.3 is 24.7 Å². The van der Waals surface area contributed by atoms with Gasteiger partial charge in [0.2, 0.25) is 0 Å². The SMILES string of the molecule is COC(=O)c1cc(N2CCOCC2)ccc1NC(=O)c1ccc(-n2c(C)c[nH]c2=O)cc1. The molecule has 0 radical (unpaired) electrons. The molecule has 2 aromatic carbocycles. The van der Waals surface area contributed by atoms with Gasteiger partial charge in [0.05, 0.1) is 37.3 Å². The number of benzene rings is 2. The summed E-state index contributed by atoms with van der Waals surface area (Å²) in [4.78, 5) is 41.9. The second-order valence-electron chi connectivity index (χ2n) is 7.39. The summed E-state index contributed by atoms with van der Waals surface area (Å²) in [5.41, 5.74) is 3.05. The van der Waals surface area contributed by atoms with Gasteiger partial charge >= 0.3 is 11.7 Å². The normalized spacial score (nSPS) is 13.6. The lowest BCUT2D eigenvalue weighted by Gasteiger charge is -2.29. The summed E-state index contributed by atoms with van der Waals surface area (Å²) in [5, 5.41) is 2.79. The van der Waals surface area contributed by atoms with Crippen LogP contribution in [0, 0.1) is 6.92 Å². The fourth-order valence-corrected chi connectivity index (χ4v) is 3.67. The zero-order chi connectivity index (χ0) is 22.7. The van der Waals surface area contributed by atoms with Crippen molar-refractivity contribution in [3.05, 3.63) is 76.0 Å². The maximum absolute atomic E-state index is 12.8. The maximum Gasteiger partial charge on any atom is 0.340 e. The number of H-pyrrole nitrogens is 1. The number of aromatic amines is 1. The summed E-state index contributed by atoms with van der Waals surface area (Å²) in [6, 6.07) is 11.9. The highest BCUT2D eigenvalue weighted by Gasteiger charge is 2.19. The number of anilines is 2. The lowest BCUT2D eigenvalue weighted by atomic mass is 10.1. The minimum Gasteiger partial charge on any atom is -0.465 e. The minimum absolute atomic E-state index is 0.247. The van der Waals surface area contributed by atoms with Crippen LogP contribution in [-0.2, 0) is 9.47 Å². The van der Waals surface area contributed by atoms with Gasteiger partial charge in [0.1, 0.15) is 0 Å². The van der Waals surface area contributed by atoms with Crippen molar-refractivity contribution in [2.45, 2.75) is 6.92 Å². The third-order valence-electron chi connectivity index (χ3n) is 5.38. The van der Waals surface area contributed by atoms with Crippen molar-refractivity contribution in [3.63, 3.8) is 0 Å². The van der Waals surface area contributed by atoms with Crippen LogP contribution in [0.15, 0.2) is 53.5 Å². The molecule has 0 aliphatic carbocycles. The molecule has 1 fully saturated rings. The van der Waals surface area contributed by atoms with Gasteiger partial charge in [-0.15, -0.1) is 0 Å². The molecule has 1 amide bonds. The molecule has 2 heterocycles. The van der Waals surface area contributed by atoms with Crippen LogP contribution in [0.4, 0.5) is 11.4 Å². The molecule has 4 rings (SSSR count). The van der Waals surface area contributed by atoms with Gasteiger partial charge in [-0.05, 0) is 49.4 Å². The fourth-order valence-electron chi connectivity index (χ4n) is 3.67. The molecule has 9 nitrogen and oxygen atoms in total. The van der Waals surface area contributed by atoms with Crippen molar-refractivity contribution >= 4 is 23.3 Å². The number of ether oxygens (including phenoxy) is 2. The molecule has 0 atom stereocenters. The Morgan fingerprint density at radius 2 is 1.75 bits per heavy atom. The van der Waals surface area contributed by atoms with E-state index in [9.17, 15) is 14.4 Å². The lowest BCUT2D eigenvalue weighted by Crippen LogP contribution is -2.36. The van der Waals surface area contributed by atoms with Crippen molar-refractivity contribution in [2.24, 2.45) is 0 Å². The van der Waals surface area contributed by atoms with Crippen molar-refractivity contribution in [2.75, 3.05) is 43.6 Å². The van der Waals surface area contributed by atoms with Gasteiger partial charge in [0.25, 0.3) is 5.91 Å². The molecule has 0 saturated carbocycles. The summed E-state index contributed by atoms with van der Waals surface area (Å²) in [6.07, 6.45) is 1.62. The Morgan fingerprint density at radius 1 is 1.06 bits per heavy atom. The van der Waals surface area contributed by atoms with Gasteiger partial charge in [0, 0.05) is 36.2 Å². The van der Waals surface area contributed by atoms with E-state index in [1.807, 2.05) is 13.0 Å². The summed E-state index contributed by atoms with van der Waals surface area (Å²) >= 11 is 0. The van der Waals surface area contributed by atoms with Gasteiger partial charge in [-0.25, -0.2) is 9.59 Å². The number of nitrogens with one attached hydrogen (secondary N) is 2. The molecule has 1 aliphatic heterocycles. The van der Waals surface area contributed by atoms with Gasteiger partial charge in [-0.2, -0.15) is 0 Å². The number of aryl methyl sites for hydroxylation is 1. The lowest BCUT2D eigenvalue weighted by molar-refractivity contribution is 0.0602. The molecule has 1 saturated heterocycles. The Kier molecular flexibility index (Phi) is 6.09. The molecule has 32 heavy (non-hydrogen) atoms. The van der Waals surface area contributed by atoms with E-state index in [1.54, 1.807) is 42.6 Å². The Hall–Kier alpha value is -3.85. The Balaban J connectivity index is 1.57. The number of nitrogens with zero attached hydrogens (tertiary/aromatic N) is 2. The van der Waals surface area contributed by atoms with E-state index in [-0.39, 0.29) is 17.2 Å². The van der Waals surface area contributed by atoms with E-state index in [0.717, 1.165) is 24.5 Å². The molecule has 0 unspecified atom stereocenters. The molecule has 1 aromatic heterocycles. The molecule has 0 spiro atoms. The van der Waals surface area contributed by atoms with E-state index >= 15 is 0 Å². The highest BCUT2D eigenvalue weighted by Crippen LogP contribution is 2.25. The summed E-state index contributed by atoms with van der Waals surface area (Å²) < 4.78 is 11.8. The highest BCUT2D eigenvalue weighted by atomic mass is 16.5. The average molecular weight is 436 g/mol. The van der Waals surface area contributed by atoms with Gasteiger partial charge in [-0.3, -0.25) is 9.36 Å². The number of esters is 1. The molecule has 166 valence electrons. The molecule has 1 aliphatic rings. The molecule has 2 N–H and O–H groups in total. The van der Waals surface area contributed by atoms with E-state index < -0.39 is 5.97 Å². The number of hydrogen-bond acceptors (Lipinski definition) is 6. The highest BCUT2D eigenvalue weighted by molar-refractivity contribution is 6.08. The molecular weight excluding hydrogens is 412 g/mol. The van der Waals surface area contributed by atoms with E-state index in [1.165, 1.54) is 11.7 Å². The van der Waals surface area contributed by atoms with Crippen LogP contribution < -0.4 is 15.9 Å². The van der Waals surface area contributed by atoms with Crippen LogP contribution in [0.3, 0.4) is 0 Å². The van der Waals surface area contributed by atoms with E-state index in [2.05, 4.69) is 15.2 Å². The third-order valence-corrected chi connectivity index (χ3v) is 5.38. The Morgan fingerprint density at radius 3 is 2.38 bits per heavy atom. The van der Waals surface area contributed by atoms with Crippen molar-refractivity contribution in [1.29, 1.82) is 0 Å². The standard InChI is InChI=1S/C23H24N4O5/c1-15-14-24-23(30)27(15)17-5-3-16(4-6-17)21(28)25-20-8-7-18(13-19(20)22(29)31-2)26-9-11-32-12-10-26/h3-8,13-14H,9-12H2,1-2H3,(H,24,30)(H,25,28). The van der Waals surface area contributed by atoms with E-state index in [0.29, 0.717) is 30.2 Å². The quantitative estimate of drug-likeness (QED) is 0.595. The molecule has 9 heteroatoms. The fraction of sp³-hybridized carbons (Fsp3) is 0.261. The summed E-state index contributed by atoms with van der Waals surface area (Å²) in [7, 11) is 1.30. The first-order valence-corrected chi connectivity index (χ1v) is 10.2. The van der Waals surface area contributed by atoms with Crippen molar-refractivity contribution in [1.82, 2.24) is 9.55 Å². The molecule has 0 bridgehead atoms. The second-order valence-corrected chi connectivity index (χ2v) is 7.39. The van der Waals surface area contributed by atoms with Crippen LogP contribution >= 0.6 is 0 Å². The number of imidazole rings is 1. The Labute approximate surface area is 184 Å². The van der Waals surface area contributed by atoms with Gasteiger partial charge in [-0.1, -0.05) is 0 Å². The Bertz CT molecular complexity index is 1190. The molecule has 3 aromatic rings. The van der Waals surface area contributed by atoms with Crippen molar-refractivity contribution in [3.8, 4) is 5.69 Å². The summed E-state index contributed by atoms with van der Waals surface area (Å²) in [6.45, 7) is 4.51. The third kappa shape index (κ3) is 4.28. The molecular formula is C23H24N4O5. The van der Waals surface area contributed by atoms with Crippen LogP contribution in [-0.4, -0.2) is 54.8 Å². The summed E-state index contributed by atoms with van der Waals surface area (Å²) in [5.74, 6) is -0.910. The van der Waals surface area contributed by atoms with Gasteiger partial charge in [0.15, 0.2) is 0 Å². The van der Waals surface area contributed by atoms with Crippen LogP contribution in [0.1, 0.15) is 26.4 Å². The maximum atomic E-state index is 12.8. The van der Waals surface area contributed by atoms with Crippen LogP contribution in [0.25, 0.3) is 5.69 Å². The second kappa shape index (κ2) is 9.11. The van der Waals surface area contributed by atoms with Crippen LogP contribution in [0.2, 0.25) is 0 Å². The number of carbonyl (C=O) groups excluding carboxylic acids is 2. The number of rotatable bonds is 5. The smallest absolute Gasteiger partial charge is 0.340 e. The number of carbonyl (C=O) groups is 2. The topological polar surface area (TPSA) is 106 Å². The zero-order valence-corrected chi connectivity index (χ0v) is 17.9. The van der Waals surface area contributed by atoms with E-state index in [4.69, 9.17) is 9.47 Å². The first kappa shape index (κ1) is 21.4. The first-order valence-electron chi connectivity index (χ1n) is 10.2. The number of hydrogen-bond donors (Lipinski definition) is 2. The zero-order valence-electron chi connectivity index (χ0n) is 17.9. The largest absolute Gasteiger partial charge is 0.465 e. The van der Waals surface area contributed by atoms with Crippen LogP contribution in [0.5, 0.6) is 0 Å². The average Bonchev–Trinajstić information content (AvgIpc) is 3.17. The number of amides is 1. The number of methoxy groups -OCH3 is 1. The number of morpholine rings is 1. The van der Waals surface area contributed by atoms with Crippen molar-refractivity contribution < 1.29 is 19.1 Å². The monoisotopic (exact) mass is 436 g/mol. The predicted molar refractivity (Wildman–Crippen MR) is 120 cm³/mol. The minimum atomic E-state index is -0.534.